The summed E-state index contributed by atoms with van der Waals surface area (Å²) in [5.41, 5.74) is 2.60. The van der Waals surface area contributed by atoms with Gasteiger partial charge in [0, 0.05) is 36.5 Å². The van der Waals surface area contributed by atoms with E-state index in [1.165, 1.54) is 0 Å². The van der Waals surface area contributed by atoms with Crippen molar-refractivity contribution in [3.8, 4) is 5.75 Å². The van der Waals surface area contributed by atoms with E-state index in [4.69, 9.17) is 9.47 Å². The highest BCUT2D eigenvalue weighted by Crippen LogP contribution is 2.22. The molecule has 0 fully saturated rings. The number of esters is 1. The van der Waals surface area contributed by atoms with Gasteiger partial charge in [-0.3, -0.25) is 4.79 Å². The van der Waals surface area contributed by atoms with E-state index in [1.54, 1.807) is 37.4 Å². The Kier molecular flexibility index (Phi) is 9.67. The monoisotopic (exact) mass is 523 g/mol. The van der Waals surface area contributed by atoms with Crippen LogP contribution in [0.25, 0.3) is 0 Å². The molecular formula is C32H33N3O4. The normalized spacial score (nSPS) is 11.3. The summed E-state index contributed by atoms with van der Waals surface area (Å²) in [5, 5.41) is 3.27. The summed E-state index contributed by atoms with van der Waals surface area (Å²) in [6, 6.07) is 29.1. The van der Waals surface area contributed by atoms with Crippen LogP contribution in [-0.4, -0.2) is 49.6 Å². The maximum atomic E-state index is 13.2. The third kappa shape index (κ3) is 7.68. The van der Waals surface area contributed by atoms with E-state index in [9.17, 15) is 9.59 Å². The second-order valence-electron chi connectivity index (χ2n) is 9.00. The average molecular weight is 524 g/mol. The molecule has 1 atom stereocenters. The van der Waals surface area contributed by atoms with Crippen LogP contribution >= 0.6 is 0 Å². The molecule has 7 nitrogen and oxygen atoms in total. The van der Waals surface area contributed by atoms with Gasteiger partial charge in [0.05, 0.1) is 13.2 Å². The summed E-state index contributed by atoms with van der Waals surface area (Å²) >= 11 is 0. The Balaban J connectivity index is 1.41. The Labute approximate surface area is 229 Å². The lowest BCUT2D eigenvalue weighted by Crippen LogP contribution is -2.34. The predicted octanol–water partition coefficient (Wildman–Crippen LogP) is 5.41. The summed E-state index contributed by atoms with van der Waals surface area (Å²) in [7, 11) is 1.98. The number of carbonyl (C=O) groups excluding carboxylic acids is 2. The number of carbonyl (C=O) groups is 2. The fourth-order valence-electron chi connectivity index (χ4n) is 4.13. The molecule has 39 heavy (non-hydrogen) atoms. The standard InChI is InChI=1S/C32H33N3O4/c1-3-38-32(37)29(34-28-14-8-7-13-27(28)31(36)25-11-5-4-6-12-25)23-24-16-18-26(19-17-24)39-22-21-35(2)30-15-9-10-20-33-30/h4-20,29,34H,3,21-23H2,1-2H3. The van der Waals surface area contributed by atoms with Gasteiger partial charge in [-0.15, -0.1) is 0 Å². The molecule has 1 aromatic heterocycles. The molecule has 3 aromatic carbocycles. The summed E-state index contributed by atoms with van der Waals surface area (Å²) in [6.07, 6.45) is 2.15. The topological polar surface area (TPSA) is 80.8 Å². The van der Waals surface area contributed by atoms with E-state index in [2.05, 4.69) is 10.3 Å². The number of likely N-dealkylation sites (N-methyl/N-ethyl adjacent to an activating group) is 1. The van der Waals surface area contributed by atoms with Gasteiger partial charge in [0.25, 0.3) is 0 Å². The SMILES string of the molecule is CCOC(=O)C(Cc1ccc(OCCN(C)c2ccccn2)cc1)Nc1ccccc1C(=O)c1ccccc1. The zero-order valence-electron chi connectivity index (χ0n) is 22.2. The van der Waals surface area contributed by atoms with Crippen molar-refractivity contribution in [1.29, 1.82) is 0 Å². The quantitative estimate of drug-likeness (QED) is 0.185. The van der Waals surface area contributed by atoms with E-state index in [0.29, 0.717) is 36.4 Å². The molecule has 0 aliphatic carbocycles. The molecule has 4 rings (SSSR count). The van der Waals surface area contributed by atoms with E-state index in [-0.39, 0.29) is 18.4 Å². The predicted molar refractivity (Wildman–Crippen MR) is 154 cm³/mol. The van der Waals surface area contributed by atoms with E-state index in [1.807, 2.05) is 84.7 Å². The zero-order valence-corrected chi connectivity index (χ0v) is 22.2. The number of aromatic nitrogens is 1. The van der Waals surface area contributed by atoms with Gasteiger partial charge in [-0.2, -0.15) is 0 Å². The second kappa shape index (κ2) is 13.8. The molecule has 0 aliphatic heterocycles. The Hall–Kier alpha value is -4.65. The Morgan fingerprint density at radius 1 is 0.897 bits per heavy atom. The molecule has 0 aliphatic rings. The summed E-state index contributed by atoms with van der Waals surface area (Å²) < 4.78 is 11.3. The van der Waals surface area contributed by atoms with Crippen molar-refractivity contribution in [3.63, 3.8) is 0 Å². The smallest absolute Gasteiger partial charge is 0.328 e. The molecule has 200 valence electrons. The number of ketones is 1. The lowest BCUT2D eigenvalue weighted by molar-refractivity contribution is -0.144. The first-order valence-electron chi connectivity index (χ1n) is 13.0. The van der Waals surface area contributed by atoms with Gasteiger partial charge in [-0.1, -0.05) is 60.7 Å². The number of para-hydroxylation sites is 1. The Morgan fingerprint density at radius 2 is 1.62 bits per heavy atom. The van der Waals surface area contributed by atoms with Crippen molar-refractivity contribution in [1.82, 2.24) is 4.98 Å². The fraction of sp³-hybridized carbons (Fsp3) is 0.219. The minimum atomic E-state index is -0.673. The van der Waals surface area contributed by atoms with Crippen LogP contribution < -0.4 is 15.0 Å². The number of hydrogen-bond acceptors (Lipinski definition) is 7. The van der Waals surface area contributed by atoms with Crippen molar-refractivity contribution in [2.75, 3.05) is 37.0 Å². The van der Waals surface area contributed by atoms with E-state index < -0.39 is 6.04 Å². The van der Waals surface area contributed by atoms with Gasteiger partial charge in [0.15, 0.2) is 5.78 Å². The minimum absolute atomic E-state index is 0.114. The molecule has 0 amide bonds. The first kappa shape index (κ1) is 27.4. The van der Waals surface area contributed by atoms with Gasteiger partial charge in [-0.25, -0.2) is 9.78 Å². The maximum absolute atomic E-state index is 13.2. The van der Waals surface area contributed by atoms with Crippen LogP contribution in [0.2, 0.25) is 0 Å². The first-order valence-corrected chi connectivity index (χ1v) is 13.0. The Morgan fingerprint density at radius 3 is 2.33 bits per heavy atom. The fourth-order valence-corrected chi connectivity index (χ4v) is 4.13. The molecule has 0 spiro atoms. The van der Waals surface area contributed by atoms with Crippen LogP contribution in [0.15, 0.2) is 103 Å². The van der Waals surface area contributed by atoms with Crippen LogP contribution in [0, 0.1) is 0 Å². The number of nitrogens with zero attached hydrogens (tertiary/aromatic N) is 2. The number of nitrogens with one attached hydrogen (secondary N) is 1. The number of hydrogen-bond donors (Lipinski definition) is 1. The number of benzene rings is 3. The third-order valence-electron chi connectivity index (χ3n) is 6.21. The summed E-state index contributed by atoms with van der Waals surface area (Å²) in [6.45, 7) is 3.24. The number of ether oxygens (including phenoxy) is 2. The lowest BCUT2D eigenvalue weighted by Gasteiger charge is -2.21. The Bertz CT molecular complexity index is 1340. The highest BCUT2D eigenvalue weighted by molar-refractivity contribution is 6.12. The number of anilines is 2. The first-order chi connectivity index (χ1) is 19.0. The molecule has 0 saturated carbocycles. The molecule has 1 heterocycles. The van der Waals surface area contributed by atoms with Crippen LogP contribution in [0.4, 0.5) is 11.5 Å². The van der Waals surface area contributed by atoms with E-state index in [0.717, 1.165) is 17.1 Å². The molecule has 0 bridgehead atoms. The van der Waals surface area contributed by atoms with E-state index >= 15 is 0 Å². The molecular weight excluding hydrogens is 490 g/mol. The third-order valence-corrected chi connectivity index (χ3v) is 6.21. The van der Waals surface area contributed by atoms with Crippen molar-refractivity contribution in [2.24, 2.45) is 0 Å². The minimum Gasteiger partial charge on any atom is -0.492 e. The summed E-state index contributed by atoms with van der Waals surface area (Å²) in [5.74, 6) is 1.14. The van der Waals surface area contributed by atoms with Gasteiger partial charge in [-0.05, 0) is 48.9 Å². The van der Waals surface area contributed by atoms with Crippen molar-refractivity contribution < 1.29 is 19.1 Å². The van der Waals surface area contributed by atoms with Crippen molar-refractivity contribution in [3.05, 3.63) is 120 Å². The van der Waals surface area contributed by atoms with Gasteiger partial charge < -0.3 is 19.7 Å². The van der Waals surface area contributed by atoms with Gasteiger partial charge in [0.2, 0.25) is 0 Å². The molecule has 0 saturated heterocycles. The highest BCUT2D eigenvalue weighted by Gasteiger charge is 2.23. The average Bonchev–Trinajstić information content (AvgIpc) is 2.98. The number of pyridine rings is 1. The second-order valence-corrected chi connectivity index (χ2v) is 9.00. The van der Waals surface area contributed by atoms with Crippen LogP contribution in [0.1, 0.15) is 28.4 Å². The zero-order chi connectivity index (χ0) is 27.5. The van der Waals surface area contributed by atoms with Gasteiger partial charge >= 0.3 is 5.97 Å². The van der Waals surface area contributed by atoms with Crippen molar-refractivity contribution in [2.45, 2.75) is 19.4 Å². The number of rotatable bonds is 13. The molecule has 7 heteroatoms. The molecule has 1 unspecified atom stereocenters. The highest BCUT2D eigenvalue weighted by atomic mass is 16.5. The molecule has 0 radical (unpaired) electrons. The van der Waals surface area contributed by atoms with Crippen LogP contribution in [-0.2, 0) is 16.0 Å². The van der Waals surface area contributed by atoms with Crippen molar-refractivity contribution >= 4 is 23.3 Å². The molecule has 4 aromatic rings. The van der Waals surface area contributed by atoms with Crippen LogP contribution in [0.5, 0.6) is 5.75 Å². The molecule has 1 N–H and O–H groups in total. The largest absolute Gasteiger partial charge is 0.492 e. The maximum Gasteiger partial charge on any atom is 0.328 e. The summed E-state index contributed by atoms with van der Waals surface area (Å²) in [4.78, 5) is 32.4. The lowest BCUT2D eigenvalue weighted by atomic mass is 10.00. The van der Waals surface area contributed by atoms with Crippen LogP contribution in [0.3, 0.4) is 0 Å². The van der Waals surface area contributed by atoms with Gasteiger partial charge in [0.1, 0.15) is 24.2 Å².